The van der Waals surface area contributed by atoms with Crippen molar-refractivity contribution in [1.82, 2.24) is 10.2 Å². The number of carbonyl (C=O) groups is 2. The molecular formula is C16H19FN2O2. The lowest BCUT2D eigenvalue weighted by molar-refractivity contribution is -0.151. The van der Waals surface area contributed by atoms with Gasteiger partial charge in [0.1, 0.15) is 17.9 Å². The molecule has 4 nitrogen and oxygen atoms in total. The summed E-state index contributed by atoms with van der Waals surface area (Å²) < 4.78 is 13.0. The number of carbonyl (C=O) groups excluding carboxylic acids is 2. The van der Waals surface area contributed by atoms with E-state index in [0.717, 1.165) is 18.4 Å². The number of rotatable bonds is 4. The molecule has 1 aliphatic heterocycles. The zero-order valence-electron chi connectivity index (χ0n) is 12.0. The Balaban J connectivity index is 1.84. The standard InChI is InChI=1S/C16H19FN2O2/c1-2-13-16(21)19(9-10-3-7-12(17)8-4-10)14(11-5-6-11)15(20)18-13/h3-4,7-8,11,13-14H,2,5-6,9H2,1H3,(H,18,20). The van der Waals surface area contributed by atoms with Crippen molar-refractivity contribution in [1.29, 1.82) is 0 Å². The molecule has 1 saturated heterocycles. The Morgan fingerprint density at radius 3 is 2.48 bits per heavy atom. The number of halogens is 1. The summed E-state index contributed by atoms with van der Waals surface area (Å²) in [5.41, 5.74) is 0.847. The molecule has 2 amide bonds. The Labute approximate surface area is 123 Å². The maximum atomic E-state index is 13.0. The molecule has 2 unspecified atom stereocenters. The molecule has 2 fully saturated rings. The molecule has 3 rings (SSSR count). The van der Waals surface area contributed by atoms with Gasteiger partial charge < -0.3 is 10.2 Å². The van der Waals surface area contributed by atoms with E-state index >= 15 is 0 Å². The van der Waals surface area contributed by atoms with Gasteiger partial charge in [-0.15, -0.1) is 0 Å². The van der Waals surface area contributed by atoms with Gasteiger partial charge in [0, 0.05) is 6.54 Å². The van der Waals surface area contributed by atoms with Crippen LogP contribution in [0.5, 0.6) is 0 Å². The van der Waals surface area contributed by atoms with E-state index < -0.39 is 6.04 Å². The van der Waals surface area contributed by atoms with Crippen LogP contribution in [0.15, 0.2) is 24.3 Å². The summed E-state index contributed by atoms with van der Waals surface area (Å²) in [6.07, 6.45) is 2.56. The van der Waals surface area contributed by atoms with E-state index in [2.05, 4.69) is 5.32 Å². The van der Waals surface area contributed by atoms with Crippen LogP contribution in [0.3, 0.4) is 0 Å². The molecule has 1 aromatic rings. The Morgan fingerprint density at radius 1 is 1.24 bits per heavy atom. The SMILES string of the molecule is CCC1NC(=O)C(C2CC2)N(Cc2ccc(F)cc2)C1=O. The second kappa shape index (κ2) is 5.47. The van der Waals surface area contributed by atoms with Gasteiger partial charge in [-0.3, -0.25) is 9.59 Å². The molecule has 0 bridgehead atoms. The van der Waals surface area contributed by atoms with Crippen molar-refractivity contribution in [3.63, 3.8) is 0 Å². The van der Waals surface area contributed by atoms with Crippen molar-refractivity contribution in [2.24, 2.45) is 5.92 Å². The highest BCUT2D eigenvalue weighted by molar-refractivity contribution is 5.97. The van der Waals surface area contributed by atoms with Gasteiger partial charge in [-0.1, -0.05) is 19.1 Å². The molecule has 2 aliphatic rings. The molecule has 2 atom stereocenters. The van der Waals surface area contributed by atoms with Gasteiger partial charge in [0.25, 0.3) is 0 Å². The van der Waals surface area contributed by atoms with Gasteiger partial charge in [-0.25, -0.2) is 4.39 Å². The maximum absolute atomic E-state index is 13.0. The van der Waals surface area contributed by atoms with Crippen molar-refractivity contribution >= 4 is 11.8 Å². The van der Waals surface area contributed by atoms with E-state index in [1.165, 1.54) is 12.1 Å². The summed E-state index contributed by atoms with van der Waals surface area (Å²) >= 11 is 0. The van der Waals surface area contributed by atoms with Gasteiger partial charge in [0.05, 0.1) is 0 Å². The lowest BCUT2D eigenvalue weighted by Gasteiger charge is -2.39. The third kappa shape index (κ3) is 2.77. The molecule has 0 aromatic heterocycles. The summed E-state index contributed by atoms with van der Waals surface area (Å²) in [5, 5.41) is 2.82. The van der Waals surface area contributed by atoms with E-state index in [9.17, 15) is 14.0 Å². The van der Waals surface area contributed by atoms with Crippen LogP contribution in [-0.2, 0) is 16.1 Å². The molecule has 1 aliphatic carbocycles. The van der Waals surface area contributed by atoms with E-state index in [4.69, 9.17) is 0 Å². The summed E-state index contributed by atoms with van der Waals surface area (Å²) in [6, 6.07) is 5.29. The van der Waals surface area contributed by atoms with Crippen LogP contribution in [0.4, 0.5) is 4.39 Å². The van der Waals surface area contributed by atoms with Gasteiger partial charge in [-0.05, 0) is 42.9 Å². The van der Waals surface area contributed by atoms with Crippen LogP contribution >= 0.6 is 0 Å². The number of piperazine rings is 1. The summed E-state index contributed by atoms with van der Waals surface area (Å²) in [7, 11) is 0. The fourth-order valence-corrected chi connectivity index (χ4v) is 2.92. The predicted molar refractivity (Wildman–Crippen MR) is 75.7 cm³/mol. The van der Waals surface area contributed by atoms with E-state index in [1.807, 2.05) is 6.92 Å². The summed E-state index contributed by atoms with van der Waals surface area (Å²) in [6.45, 7) is 2.25. The Kier molecular flexibility index (Phi) is 3.66. The number of nitrogens with zero attached hydrogens (tertiary/aromatic N) is 1. The van der Waals surface area contributed by atoms with Crippen LogP contribution in [0.1, 0.15) is 31.7 Å². The average molecular weight is 290 g/mol. The van der Waals surface area contributed by atoms with Gasteiger partial charge in [-0.2, -0.15) is 0 Å². The number of amides is 2. The second-order valence-electron chi connectivity index (χ2n) is 5.84. The molecule has 1 heterocycles. The van der Waals surface area contributed by atoms with E-state index in [0.29, 0.717) is 13.0 Å². The van der Waals surface area contributed by atoms with E-state index in [-0.39, 0.29) is 29.6 Å². The quantitative estimate of drug-likeness (QED) is 0.920. The average Bonchev–Trinajstić information content (AvgIpc) is 3.29. The van der Waals surface area contributed by atoms with Gasteiger partial charge in [0.15, 0.2) is 0 Å². The fraction of sp³-hybridized carbons (Fsp3) is 0.500. The van der Waals surface area contributed by atoms with Crippen molar-refractivity contribution in [3.05, 3.63) is 35.6 Å². The minimum absolute atomic E-state index is 0.0293. The van der Waals surface area contributed by atoms with Crippen LogP contribution in [0.2, 0.25) is 0 Å². The molecular weight excluding hydrogens is 271 g/mol. The molecule has 5 heteroatoms. The topological polar surface area (TPSA) is 49.4 Å². The lowest BCUT2D eigenvalue weighted by Crippen LogP contribution is -2.63. The van der Waals surface area contributed by atoms with Crippen molar-refractivity contribution in [2.45, 2.75) is 44.8 Å². The monoisotopic (exact) mass is 290 g/mol. The number of hydrogen-bond acceptors (Lipinski definition) is 2. The smallest absolute Gasteiger partial charge is 0.246 e. The molecule has 1 saturated carbocycles. The highest BCUT2D eigenvalue weighted by atomic mass is 19.1. The zero-order chi connectivity index (χ0) is 15.0. The maximum Gasteiger partial charge on any atom is 0.246 e. The first-order valence-electron chi connectivity index (χ1n) is 7.45. The normalized spacial score (nSPS) is 25.9. The molecule has 21 heavy (non-hydrogen) atoms. The number of hydrogen-bond donors (Lipinski definition) is 1. The zero-order valence-corrected chi connectivity index (χ0v) is 12.0. The largest absolute Gasteiger partial charge is 0.343 e. The van der Waals surface area contributed by atoms with Crippen molar-refractivity contribution in [3.8, 4) is 0 Å². The van der Waals surface area contributed by atoms with Crippen LogP contribution in [0, 0.1) is 11.7 Å². The number of nitrogens with one attached hydrogen (secondary N) is 1. The molecule has 1 aromatic carbocycles. The van der Waals surface area contributed by atoms with Crippen LogP contribution in [-0.4, -0.2) is 28.8 Å². The fourth-order valence-electron chi connectivity index (χ4n) is 2.92. The molecule has 0 radical (unpaired) electrons. The first-order chi connectivity index (χ1) is 10.1. The van der Waals surface area contributed by atoms with E-state index in [1.54, 1.807) is 17.0 Å². The minimum atomic E-state index is -0.437. The molecule has 1 N–H and O–H groups in total. The van der Waals surface area contributed by atoms with Crippen molar-refractivity contribution in [2.75, 3.05) is 0 Å². The van der Waals surface area contributed by atoms with Gasteiger partial charge in [0.2, 0.25) is 11.8 Å². The van der Waals surface area contributed by atoms with Crippen LogP contribution < -0.4 is 5.32 Å². The van der Waals surface area contributed by atoms with Gasteiger partial charge >= 0.3 is 0 Å². The van der Waals surface area contributed by atoms with Crippen molar-refractivity contribution < 1.29 is 14.0 Å². The summed E-state index contributed by atoms with van der Waals surface area (Å²) in [4.78, 5) is 26.5. The third-order valence-corrected chi connectivity index (χ3v) is 4.25. The number of benzene rings is 1. The highest BCUT2D eigenvalue weighted by Gasteiger charge is 2.47. The Bertz CT molecular complexity index is 554. The third-order valence-electron chi connectivity index (χ3n) is 4.25. The highest BCUT2D eigenvalue weighted by Crippen LogP contribution is 2.37. The first kappa shape index (κ1) is 14.0. The second-order valence-corrected chi connectivity index (χ2v) is 5.84. The lowest BCUT2D eigenvalue weighted by atomic mass is 10.0. The Morgan fingerprint density at radius 2 is 1.90 bits per heavy atom. The predicted octanol–water partition coefficient (Wildman–Crippen LogP) is 1.84. The Hall–Kier alpha value is -1.91. The van der Waals surface area contributed by atoms with Crippen LogP contribution in [0.25, 0.3) is 0 Å². The minimum Gasteiger partial charge on any atom is -0.343 e. The summed E-state index contributed by atoms with van der Waals surface area (Å²) in [5.74, 6) is -0.108. The molecule has 112 valence electrons. The first-order valence-corrected chi connectivity index (χ1v) is 7.45. The molecule has 0 spiro atoms.